The number of carboxylic acid groups (broad SMARTS) is 1. The molecule has 0 aromatic carbocycles. The van der Waals surface area contributed by atoms with Crippen molar-refractivity contribution in [3.63, 3.8) is 0 Å². The Morgan fingerprint density at radius 2 is 1.04 bits per heavy atom. The third-order valence-electron chi connectivity index (χ3n) is 9.34. The fraction of sp³-hybridized carbons (Fsp3) is 0.688. The van der Waals surface area contributed by atoms with Crippen molar-refractivity contribution in [2.75, 3.05) is 41.0 Å². The minimum absolute atomic E-state index is 0.00739. The summed E-state index contributed by atoms with van der Waals surface area (Å²) >= 11 is 0. The fourth-order valence-electron chi connectivity index (χ4n) is 5.94. The lowest BCUT2D eigenvalue weighted by Gasteiger charge is -2.34. The zero-order valence-electron chi connectivity index (χ0n) is 36.3. The van der Waals surface area contributed by atoms with Gasteiger partial charge < -0.3 is 28.6 Å². The summed E-state index contributed by atoms with van der Waals surface area (Å²) in [5.41, 5.74) is 0. The van der Waals surface area contributed by atoms with Crippen LogP contribution in [0.5, 0.6) is 0 Å². The van der Waals surface area contributed by atoms with Gasteiger partial charge in [0.1, 0.15) is 12.6 Å². The van der Waals surface area contributed by atoms with E-state index < -0.39 is 24.1 Å². The second-order valence-electron chi connectivity index (χ2n) is 15.5. The number of hydrogen-bond acceptors (Lipinski definition) is 7. The summed E-state index contributed by atoms with van der Waals surface area (Å²) in [5, 5.41) is 11.6. The zero-order chi connectivity index (χ0) is 41.4. The number of carboxylic acids is 1. The Morgan fingerprint density at radius 3 is 1.55 bits per heavy atom. The highest BCUT2D eigenvalue weighted by Crippen LogP contribution is 2.13. The molecular weight excluding hydrogens is 703 g/mol. The molecule has 2 unspecified atom stereocenters. The molecule has 0 aromatic rings. The number of rotatable bonds is 38. The molecular formula is C48H81NO7. The van der Waals surface area contributed by atoms with Gasteiger partial charge in [-0.1, -0.05) is 145 Å². The molecule has 8 heteroatoms. The Kier molecular flexibility index (Phi) is 36.4. The minimum Gasteiger partial charge on any atom is -0.544 e. The van der Waals surface area contributed by atoms with E-state index in [1.807, 2.05) is 12.2 Å². The summed E-state index contributed by atoms with van der Waals surface area (Å²) in [5.74, 6) is -1.85. The lowest BCUT2D eigenvalue weighted by Crippen LogP contribution is -2.55. The number of ether oxygens (including phenoxy) is 3. The van der Waals surface area contributed by atoms with Crippen LogP contribution in [0.3, 0.4) is 0 Å². The number of likely N-dealkylation sites (N-methyl/N-ethyl adjacent to an activating group) is 1. The summed E-state index contributed by atoms with van der Waals surface area (Å²) in [6.45, 7) is 4.42. The zero-order valence-corrected chi connectivity index (χ0v) is 36.3. The molecule has 8 nitrogen and oxygen atoms in total. The van der Waals surface area contributed by atoms with Crippen LogP contribution in [0.1, 0.15) is 162 Å². The van der Waals surface area contributed by atoms with Gasteiger partial charge in [0.2, 0.25) is 0 Å². The number of esters is 2. The van der Waals surface area contributed by atoms with Crippen LogP contribution in [0.4, 0.5) is 0 Å². The monoisotopic (exact) mass is 784 g/mol. The first-order chi connectivity index (χ1) is 27.1. The van der Waals surface area contributed by atoms with Crippen LogP contribution in [0.25, 0.3) is 0 Å². The number of carbonyl (C=O) groups is 3. The summed E-state index contributed by atoms with van der Waals surface area (Å²) in [6.07, 6.45) is 48.0. The molecule has 0 spiro atoms. The second-order valence-corrected chi connectivity index (χ2v) is 15.5. The van der Waals surface area contributed by atoms with Gasteiger partial charge >= 0.3 is 11.9 Å². The van der Waals surface area contributed by atoms with Gasteiger partial charge in [0.25, 0.3) is 0 Å². The van der Waals surface area contributed by atoms with Crippen LogP contribution in [0, 0.1) is 0 Å². The van der Waals surface area contributed by atoms with Gasteiger partial charge in [0.05, 0.1) is 40.3 Å². The molecule has 2 atom stereocenters. The van der Waals surface area contributed by atoms with Gasteiger partial charge in [-0.25, -0.2) is 0 Å². The Labute approximate surface area is 342 Å². The van der Waals surface area contributed by atoms with Crippen LogP contribution in [-0.2, 0) is 28.6 Å². The smallest absolute Gasteiger partial charge is 0.306 e. The van der Waals surface area contributed by atoms with Crippen molar-refractivity contribution < 1.29 is 38.2 Å². The number of quaternary nitrogens is 1. The first kappa shape index (κ1) is 52.8. The normalized spacial score (nSPS) is 13.7. The van der Waals surface area contributed by atoms with Crippen molar-refractivity contribution in [3.8, 4) is 0 Å². The predicted molar refractivity (Wildman–Crippen MR) is 231 cm³/mol. The van der Waals surface area contributed by atoms with Crippen LogP contribution < -0.4 is 5.11 Å². The lowest BCUT2D eigenvalue weighted by atomic mass is 10.1. The average molecular weight is 784 g/mol. The first-order valence-corrected chi connectivity index (χ1v) is 22.0. The van der Waals surface area contributed by atoms with Crippen LogP contribution in [-0.4, -0.2) is 75.5 Å². The maximum Gasteiger partial charge on any atom is 0.306 e. The highest BCUT2D eigenvalue weighted by atomic mass is 16.6. The molecule has 0 aromatic heterocycles. The molecule has 0 aliphatic heterocycles. The van der Waals surface area contributed by atoms with E-state index in [2.05, 4.69) is 74.6 Å². The summed E-state index contributed by atoms with van der Waals surface area (Å²) in [6, 6.07) is -0.741. The van der Waals surface area contributed by atoms with E-state index >= 15 is 0 Å². The van der Waals surface area contributed by atoms with Gasteiger partial charge in [0.15, 0.2) is 6.10 Å². The molecule has 0 N–H and O–H groups in total. The Balaban J connectivity index is 4.40. The van der Waals surface area contributed by atoms with E-state index in [4.69, 9.17) is 14.2 Å². The summed E-state index contributed by atoms with van der Waals surface area (Å²) in [7, 11) is 5.37. The molecule has 0 heterocycles. The predicted octanol–water partition coefficient (Wildman–Crippen LogP) is 10.6. The molecule has 56 heavy (non-hydrogen) atoms. The quantitative estimate of drug-likeness (QED) is 0.0266. The number of nitrogens with zero attached hydrogens (tertiary/aromatic N) is 1. The molecule has 0 saturated heterocycles. The largest absolute Gasteiger partial charge is 0.544 e. The highest BCUT2D eigenvalue weighted by Gasteiger charge is 2.25. The van der Waals surface area contributed by atoms with Crippen molar-refractivity contribution in [1.82, 2.24) is 0 Å². The van der Waals surface area contributed by atoms with Crippen molar-refractivity contribution in [2.45, 2.75) is 174 Å². The summed E-state index contributed by atoms with van der Waals surface area (Å²) in [4.78, 5) is 36.8. The standard InChI is InChI=1S/C48H81NO7/c1-6-8-10-12-14-16-18-20-21-22-23-24-25-27-28-30-32-34-36-38-46(50)55-43-44(42-54-41-40-45(48(52)53)49(3,4)5)56-47(51)39-37-35-33-31-29-26-19-17-15-13-11-9-7-2/h9,11,14-17,20-21,26,29,33,35,44-45H,6-8,10,12-13,18-19,22-25,27-28,30-32,34,36-43H2,1-5H3/b11-9-,16-14-,17-15-,21-20-,29-26-,35-33-. The van der Waals surface area contributed by atoms with Crippen molar-refractivity contribution in [1.29, 1.82) is 0 Å². The van der Waals surface area contributed by atoms with Crippen LogP contribution in [0.15, 0.2) is 72.9 Å². The van der Waals surface area contributed by atoms with E-state index in [0.717, 1.165) is 51.4 Å². The highest BCUT2D eigenvalue weighted by molar-refractivity contribution is 5.70. The first-order valence-electron chi connectivity index (χ1n) is 22.0. The van der Waals surface area contributed by atoms with Gasteiger partial charge in [-0.05, 0) is 70.6 Å². The molecule has 0 fully saturated rings. The topological polar surface area (TPSA) is 102 Å². The molecule has 0 radical (unpaired) electrons. The van der Waals surface area contributed by atoms with Crippen molar-refractivity contribution in [3.05, 3.63) is 72.9 Å². The number of unbranched alkanes of at least 4 members (excludes halogenated alkanes) is 12. The minimum atomic E-state index is -1.14. The molecule has 0 rings (SSSR count). The molecule has 0 amide bonds. The van der Waals surface area contributed by atoms with E-state index in [1.165, 1.54) is 70.6 Å². The van der Waals surface area contributed by atoms with Crippen molar-refractivity contribution in [2.24, 2.45) is 0 Å². The molecule has 320 valence electrons. The van der Waals surface area contributed by atoms with E-state index in [0.29, 0.717) is 12.8 Å². The van der Waals surface area contributed by atoms with Crippen LogP contribution in [0.2, 0.25) is 0 Å². The maximum atomic E-state index is 12.7. The molecule has 0 bridgehead atoms. The molecule has 0 saturated carbocycles. The number of carbonyl (C=O) groups excluding carboxylic acids is 3. The number of aliphatic carboxylic acids is 1. The van der Waals surface area contributed by atoms with Gasteiger partial charge in [-0.3, -0.25) is 9.59 Å². The Hall–Kier alpha value is -3.23. The van der Waals surface area contributed by atoms with Gasteiger partial charge in [0, 0.05) is 19.3 Å². The van der Waals surface area contributed by atoms with Crippen molar-refractivity contribution >= 4 is 17.9 Å². The summed E-state index contributed by atoms with van der Waals surface area (Å²) < 4.78 is 17.1. The third-order valence-corrected chi connectivity index (χ3v) is 9.34. The second kappa shape index (κ2) is 38.6. The fourth-order valence-corrected chi connectivity index (χ4v) is 5.94. The van der Waals surface area contributed by atoms with Gasteiger partial charge in [-0.2, -0.15) is 0 Å². The van der Waals surface area contributed by atoms with E-state index in [1.54, 1.807) is 21.1 Å². The van der Waals surface area contributed by atoms with E-state index in [-0.39, 0.29) is 43.1 Å². The van der Waals surface area contributed by atoms with Crippen LogP contribution >= 0.6 is 0 Å². The molecule has 0 aliphatic rings. The maximum absolute atomic E-state index is 12.7. The van der Waals surface area contributed by atoms with Gasteiger partial charge in [-0.15, -0.1) is 0 Å². The third kappa shape index (κ3) is 36.4. The number of hydrogen-bond donors (Lipinski definition) is 0. The van der Waals surface area contributed by atoms with E-state index in [9.17, 15) is 19.5 Å². The molecule has 0 aliphatic carbocycles. The Bertz CT molecular complexity index is 1140. The average Bonchev–Trinajstić information content (AvgIpc) is 3.15. The lowest BCUT2D eigenvalue weighted by molar-refractivity contribution is -0.889. The SMILES string of the molecule is CC/C=C\C/C=C\C/C=C\C/C=C\CCC(=O)OC(COCCC(C(=O)[O-])[N+](C)(C)C)COC(=O)CCCCCCCCCCC/C=C\C/C=C\CCCCC. The number of allylic oxidation sites excluding steroid dienone is 12. The Morgan fingerprint density at radius 1 is 0.554 bits per heavy atom.